The first-order chi connectivity index (χ1) is 11.8. The van der Waals surface area contributed by atoms with Gasteiger partial charge in [0.05, 0.1) is 12.5 Å². The standard InChI is InChI=1S/C21H25NO2/c1-2-24-21(23)19-13-20(14-19)22(15-17-9-5-3-6-10-17)16-18-11-7-4-8-12-18/h3-12,19-20H,2,13-16H2,1H3. The first-order valence-corrected chi connectivity index (χ1v) is 8.74. The Bertz CT molecular complexity index is 594. The van der Waals surface area contributed by atoms with Crippen LogP contribution in [0.25, 0.3) is 0 Å². The Morgan fingerprint density at radius 3 is 1.92 bits per heavy atom. The summed E-state index contributed by atoms with van der Waals surface area (Å²) in [5, 5.41) is 0. The molecule has 126 valence electrons. The lowest BCUT2D eigenvalue weighted by molar-refractivity contribution is -0.153. The van der Waals surface area contributed by atoms with Crippen LogP contribution in [0.1, 0.15) is 30.9 Å². The van der Waals surface area contributed by atoms with Gasteiger partial charge in [-0.1, -0.05) is 60.7 Å². The Hall–Kier alpha value is -2.13. The van der Waals surface area contributed by atoms with E-state index >= 15 is 0 Å². The van der Waals surface area contributed by atoms with E-state index in [4.69, 9.17) is 4.74 Å². The molecule has 1 aliphatic carbocycles. The molecule has 0 heterocycles. The number of carbonyl (C=O) groups excluding carboxylic acids is 1. The minimum atomic E-state index is -0.0341. The summed E-state index contributed by atoms with van der Waals surface area (Å²) in [6, 6.07) is 21.5. The Labute approximate surface area is 144 Å². The van der Waals surface area contributed by atoms with Crippen LogP contribution in [0.5, 0.6) is 0 Å². The molecule has 0 unspecified atom stereocenters. The normalized spacial score (nSPS) is 19.8. The van der Waals surface area contributed by atoms with Crippen LogP contribution in [-0.2, 0) is 22.6 Å². The molecule has 0 aliphatic heterocycles. The molecule has 3 rings (SSSR count). The van der Waals surface area contributed by atoms with E-state index in [0.717, 1.165) is 25.9 Å². The monoisotopic (exact) mass is 323 g/mol. The van der Waals surface area contributed by atoms with E-state index in [1.807, 2.05) is 19.1 Å². The van der Waals surface area contributed by atoms with Crippen molar-refractivity contribution in [3.8, 4) is 0 Å². The number of carbonyl (C=O) groups is 1. The summed E-state index contributed by atoms with van der Waals surface area (Å²) in [5.41, 5.74) is 2.63. The van der Waals surface area contributed by atoms with Gasteiger partial charge >= 0.3 is 5.97 Å². The summed E-state index contributed by atoms with van der Waals surface area (Å²) in [4.78, 5) is 14.4. The summed E-state index contributed by atoms with van der Waals surface area (Å²) in [6.07, 6.45) is 1.80. The summed E-state index contributed by atoms with van der Waals surface area (Å²) in [7, 11) is 0. The van der Waals surface area contributed by atoms with Gasteiger partial charge in [-0.2, -0.15) is 0 Å². The van der Waals surface area contributed by atoms with Gasteiger partial charge in [0.15, 0.2) is 0 Å². The van der Waals surface area contributed by atoms with Crippen LogP contribution < -0.4 is 0 Å². The second-order valence-corrected chi connectivity index (χ2v) is 6.45. The molecular weight excluding hydrogens is 298 g/mol. The molecule has 0 radical (unpaired) electrons. The molecule has 2 aromatic rings. The molecule has 0 aromatic heterocycles. The minimum absolute atomic E-state index is 0.0341. The van der Waals surface area contributed by atoms with Crippen molar-refractivity contribution in [3.63, 3.8) is 0 Å². The third kappa shape index (κ3) is 4.24. The van der Waals surface area contributed by atoms with Crippen LogP contribution in [0.15, 0.2) is 60.7 Å². The molecule has 0 saturated heterocycles. The molecular formula is C21H25NO2. The van der Waals surface area contributed by atoms with Gasteiger partial charge in [-0.05, 0) is 30.9 Å². The number of ether oxygens (including phenoxy) is 1. The number of hydrogen-bond acceptors (Lipinski definition) is 3. The number of nitrogens with zero attached hydrogens (tertiary/aromatic N) is 1. The fourth-order valence-corrected chi connectivity index (χ4v) is 3.29. The highest BCUT2D eigenvalue weighted by atomic mass is 16.5. The molecule has 1 saturated carbocycles. The van der Waals surface area contributed by atoms with E-state index in [9.17, 15) is 4.79 Å². The number of hydrogen-bond donors (Lipinski definition) is 0. The lowest BCUT2D eigenvalue weighted by Crippen LogP contribution is -2.46. The van der Waals surface area contributed by atoms with Crippen LogP contribution in [0, 0.1) is 5.92 Å². The van der Waals surface area contributed by atoms with Gasteiger partial charge in [-0.3, -0.25) is 9.69 Å². The van der Waals surface area contributed by atoms with E-state index in [1.165, 1.54) is 11.1 Å². The van der Waals surface area contributed by atoms with Crippen LogP contribution in [0.2, 0.25) is 0 Å². The zero-order valence-electron chi connectivity index (χ0n) is 14.2. The molecule has 0 N–H and O–H groups in total. The van der Waals surface area contributed by atoms with Gasteiger partial charge in [0.1, 0.15) is 0 Å². The van der Waals surface area contributed by atoms with Crippen LogP contribution >= 0.6 is 0 Å². The highest BCUT2D eigenvalue weighted by Gasteiger charge is 2.38. The summed E-state index contributed by atoms with van der Waals surface area (Å²) in [6.45, 7) is 4.16. The average Bonchev–Trinajstić information content (AvgIpc) is 2.55. The van der Waals surface area contributed by atoms with Crippen molar-refractivity contribution in [1.29, 1.82) is 0 Å². The zero-order valence-corrected chi connectivity index (χ0v) is 14.2. The maximum absolute atomic E-state index is 11.9. The second kappa shape index (κ2) is 8.11. The molecule has 0 atom stereocenters. The Morgan fingerprint density at radius 1 is 0.958 bits per heavy atom. The molecule has 3 nitrogen and oxygen atoms in total. The van der Waals surface area contributed by atoms with Gasteiger partial charge < -0.3 is 4.74 Å². The summed E-state index contributed by atoms with van der Waals surface area (Å²) in [5.74, 6) is 0.0390. The van der Waals surface area contributed by atoms with E-state index in [1.54, 1.807) is 0 Å². The number of rotatable bonds is 7. The summed E-state index contributed by atoms with van der Waals surface area (Å²) >= 11 is 0. The van der Waals surface area contributed by atoms with E-state index < -0.39 is 0 Å². The topological polar surface area (TPSA) is 29.5 Å². The van der Waals surface area contributed by atoms with Crippen molar-refractivity contribution >= 4 is 5.97 Å². The third-order valence-electron chi connectivity index (χ3n) is 4.71. The van der Waals surface area contributed by atoms with Crippen LogP contribution in [0.4, 0.5) is 0 Å². The third-order valence-corrected chi connectivity index (χ3v) is 4.71. The van der Waals surface area contributed by atoms with Crippen molar-refractivity contribution in [2.45, 2.75) is 38.9 Å². The predicted molar refractivity (Wildman–Crippen MR) is 95.3 cm³/mol. The van der Waals surface area contributed by atoms with Gasteiger partial charge in [0.2, 0.25) is 0 Å². The highest BCUT2D eigenvalue weighted by molar-refractivity contribution is 5.73. The van der Waals surface area contributed by atoms with Crippen molar-refractivity contribution in [2.24, 2.45) is 5.92 Å². The summed E-state index contributed by atoms with van der Waals surface area (Å²) < 4.78 is 5.15. The van der Waals surface area contributed by atoms with E-state index in [2.05, 4.69) is 53.4 Å². The van der Waals surface area contributed by atoms with Gasteiger partial charge in [0.25, 0.3) is 0 Å². The molecule has 24 heavy (non-hydrogen) atoms. The Balaban J connectivity index is 1.65. The Morgan fingerprint density at radius 2 is 1.46 bits per heavy atom. The molecule has 0 spiro atoms. The van der Waals surface area contributed by atoms with Crippen LogP contribution in [-0.4, -0.2) is 23.5 Å². The molecule has 0 amide bonds. The largest absolute Gasteiger partial charge is 0.466 e. The second-order valence-electron chi connectivity index (χ2n) is 6.45. The van der Waals surface area contributed by atoms with Crippen molar-refractivity contribution in [1.82, 2.24) is 4.90 Å². The van der Waals surface area contributed by atoms with Crippen LogP contribution in [0.3, 0.4) is 0 Å². The maximum Gasteiger partial charge on any atom is 0.309 e. The fraction of sp³-hybridized carbons (Fsp3) is 0.381. The van der Waals surface area contributed by atoms with Crippen molar-refractivity contribution < 1.29 is 9.53 Å². The van der Waals surface area contributed by atoms with Gasteiger partial charge in [0, 0.05) is 19.1 Å². The first kappa shape index (κ1) is 16.7. The number of benzene rings is 2. The SMILES string of the molecule is CCOC(=O)C1CC(N(Cc2ccccc2)Cc2ccccc2)C1. The van der Waals surface area contributed by atoms with Crippen molar-refractivity contribution in [2.75, 3.05) is 6.61 Å². The smallest absolute Gasteiger partial charge is 0.309 e. The Kier molecular flexibility index (Phi) is 5.65. The predicted octanol–water partition coefficient (Wildman–Crippen LogP) is 4.03. The first-order valence-electron chi connectivity index (χ1n) is 8.74. The van der Waals surface area contributed by atoms with Gasteiger partial charge in [-0.25, -0.2) is 0 Å². The molecule has 1 aliphatic rings. The lowest BCUT2D eigenvalue weighted by atomic mass is 9.79. The number of esters is 1. The van der Waals surface area contributed by atoms with Gasteiger partial charge in [-0.15, -0.1) is 0 Å². The molecule has 0 bridgehead atoms. The highest BCUT2D eigenvalue weighted by Crippen LogP contribution is 2.34. The van der Waals surface area contributed by atoms with E-state index in [0.29, 0.717) is 12.6 Å². The minimum Gasteiger partial charge on any atom is -0.466 e. The molecule has 1 fully saturated rings. The lowest BCUT2D eigenvalue weighted by Gasteiger charge is -2.42. The molecule has 3 heteroatoms. The zero-order chi connectivity index (χ0) is 16.8. The van der Waals surface area contributed by atoms with E-state index in [-0.39, 0.29) is 11.9 Å². The maximum atomic E-state index is 11.9. The van der Waals surface area contributed by atoms with Crippen molar-refractivity contribution in [3.05, 3.63) is 71.8 Å². The average molecular weight is 323 g/mol. The quantitative estimate of drug-likeness (QED) is 0.721. The molecule has 2 aromatic carbocycles. The fourth-order valence-electron chi connectivity index (χ4n) is 3.29.